The summed E-state index contributed by atoms with van der Waals surface area (Å²) in [5.74, 6) is 0.579. The molecule has 8 rings (SSSR count). The molecule has 1 heterocycles. The van der Waals surface area contributed by atoms with Gasteiger partial charge in [-0.05, 0) is 55.9 Å². The van der Waals surface area contributed by atoms with Crippen LogP contribution >= 0.6 is 0 Å². The van der Waals surface area contributed by atoms with E-state index in [2.05, 4.69) is 0 Å². The van der Waals surface area contributed by atoms with E-state index in [0.717, 1.165) is 11.1 Å². The van der Waals surface area contributed by atoms with Crippen LogP contribution in [0.4, 0.5) is 0 Å². The lowest BCUT2D eigenvalue weighted by Crippen LogP contribution is -2.55. The average molecular weight is 650 g/mol. The van der Waals surface area contributed by atoms with Gasteiger partial charge in [0.15, 0.2) is 0 Å². The van der Waals surface area contributed by atoms with Crippen LogP contribution in [0.2, 0.25) is 0 Å². The Morgan fingerprint density at radius 2 is 0.722 bits per heavy atom. The van der Waals surface area contributed by atoms with Gasteiger partial charge in [-0.15, -0.1) is 38.2 Å². The van der Waals surface area contributed by atoms with E-state index in [1.807, 2.05) is 71.3 Å². The van der Waals surface area contributed by atoms with Crippen molar-refractivity contribution >= 4 is 206 Å². The summed E-state index contributed by atoms with van der Waals surface area (Å²) in [6, 6.07) is 24.6. The van der Waals surface area contributed by atoms with Gasteiger partial charge in [-0.25, -0.2) is 4.98 Å². The van der Waals surface area contributed by atoms with Crippen molar-refractivity contribution in [1.29, 1.82) is 0 Å². The molecule has 15 heteroatoms. The van der Waals surface area contributed by atoms with Crippen LogP contribution in [0, 0.1) is 0 Å². The monoisotopic (exact) mass is 652 g/mol. The van der Waals surface area contributed by atoms with Crippen molar-refractivity contribution in [3.8, 4) is 39.3 Å². The van der Waals surface area contributed by atoms with E-state index in [4.69, 9.17) is 107 Å². The second-order valence-electron chi connectivity index (χ2n) is 13.2. The van der Waals surface area contributed by atoms with Crippen molar-refractivity contribution in [3.63, 3.8) is 0 Å². The SMILES string of the molecule is [B]c1c([B])c([B])c(-c2ccc(-c3c4c([B])c([B])c([B])c([B])c4c(-n4c(-c5ccccc5)nc5ccccc54)c4c([B])c([B])c([B])c([B])c34)cc2)c([B])c1[B]. The quantitative estimate of drug-likeness (QED) is 0.138. The number of hydrogen-bond acceptors (Lipinski definition) is 1. The normalized spacial score (nSPS) is 11.6. The molecule has 1 aromatic heterocycles. The fourth-order valence-electron chi connectivity index (χ4n) is 7.43. The molecular formula is C39H13B13N2. The minimum atomic E-state index is 0.0882. The van der Waals surface area contributed by atoms with Gasteiger partial charge >= 0.3 is 0 Å². The first-order valence-corrected chi connectivity index (χ1v) is 16.7. The number of rotatable bonds is 4. The maximum absolute atomic E-state index is 7.01. The van der Waals surface area contributed by atoms with Crippen LogP contribution in [0.5, 0.6) is 0 Å². The second kappa shape index (κ2) is 13.3. The van der Waals surface area contributed by atoms with Gasteiger partial charge in [0.25, 0.3) is 0 Å². The minimum absolute atomic E-state index is 0.0882. The lowest BCUT2D eigenvalue weighted by Gasteiger charge is -2.29. The zero-order valence-corrected chi connectivity index (χ0v) is 28.9. The molecule has 0 atom stereocenters. The van der Waals surface area contributed by atoms with E-state index in [1.165, 1.54) is 0 Å². The molecule has 0 aliphatic carbocycles. The number of hydrogen-bond donors (Lipinski definition) is 0. The van der Waals surface area contributed by atoms with Crippen LogP contribution < -0.4 is 71.0 Å². The Kier molecular flexibility index (Phi) is 8.95. The molecule has 0 saturated carbocycles. The van der Waals surface area contributed by atoms with Crippen molar-refractivity contribution in [3.05, 3.63) is 78.9 Å². The van der Waals surface area contributed by atoms with Crippen LogP contribution in [-0.4, -0.2) is 112 Å². The molecule has 54 heavy (non-hydrogen) atoms. The summed E-state index contributed by atoms with van der Waals surface area (Å²) in [5, 5.41) is 1.77. The fourth-order valence-corrected chi connectivity index (χ4v) is 7.43. The van der Waals surface area contributed by atoms with Crippen LogP contribution in [0.1, 0.15) is 0 Å². The van der Waals surface area contributed by atoms with Crippen LogP contribution in [0.15, 0.2) is 78.9 Å². The highest BCUT2D eigenvalue weighted by Gasteiger charge is 2.27. The van der Waals surface area contributed by atoms with Crippen molar-refractivity contribution in [2.45, 2.75) is 0 Å². The molecule has 8 aromatic rings. The maximum Gasteiger partial charge on any atom is 0.145 e. The average Bonchev–Trinajstić information content (AvgIpc) is 3.58. The first-order chi connectivity index (χ1) is 25.8. The topological polar surface area (TPSA) is 17.8 Å². The number of imidazole rings is 1. The molecule has 7 aromatic carbocycles. The third kappa shape index (κ3) is 5.17. The van der Waals surface area contributed by atoms with Gasteiger partial charge < -0.3 is 0 Å². The van der Waals surface area contributed by atoms with Gasteiger partial charge in [-0.1, -0.05) is 99.5 Å². The Morgan fingerprint density at radius 3 is 1.22 bits per heavy atom. The lowest BCUT2D eigenvalue weighted by atomic mass is 9.59. The van der Waals surface area contributed by atoms with Gasteiger partial charge in [-0.3, -0.25) is 4.57 Å². The molecule has 0 amide bonds. The third-order valence-corrected chi connectivity index (χ3v) is 10.3. The van der Waals surface area contributed by atoms with E-state index >= 15 is 0 Å². The van der Waals surface area contributed by atoms with E-state index in [9.17, 15) is 0 Å². The van der Waals surface area contributed by atoms with Crippen LogP contribution in [0.3, 0.4) is 0 Å². The molecule has 0 aliphatic heterocycles. The summed E-state index contributed by atoms with van der Waals surface area (Å²) in [5.41, 5.74) is 6.63. The van der Waals surface area contributed by atoms with Gasteiger partial charge in [0.1, 0.15) is 108 Å². The highest BCUT2D eigenvalue weighted by Crippen LogP contribution is 2.41. The van der Waals surface area contributed by atoms with E-state index < -0.39 is 0 Å². The number of fused-ring (bicyclic) bond motifs is 3. The Morgan fingerprint density at radius 1 is 0.333 bits per heavy atom. The van der Waals surface area contributed by atoms with Gasteiger partial charge in [-0.2, -0.15) is 0 Å². The molecule has 2 nitrogen and oxygen atoms in total. The highest BCUT2D eigenvalue weighted by molar-refractivity contribution is 6.71. The van der Waals surface area contributed by atoms with Gasteiger partial charge in [0.05, 0.1) is 16.7 Å². The predicted molar refractivity (Wildman–Crippen MR) is 242 cm³/mol. The highest BCUT2D eigenvalue weighted by atomic mass is 15.1. The number of aromatic nitrogens is 2. The summed E-state index contributed by atoms with van der Waals surface area (Å²) < 4.78 is 1.96. The second-order valence-corrected chi connectivity index (χ2v) is 13.2. The van der Waals surface area contributed by atoms with Gasteiger partial charge in [0.2, 0.25) is 0 Å². The molecule has 0 unspecified atom stereocenters. The smallest absolute Gasteiger partial charge is 0.145 e. The van der Waals surface area contributed by atoms with Crippen molar-refractivity contribution in [2.24, 2.45) is 0 Å². The maximum atomic E-state index is 7.01. The predicted octanol–water partition coefficient (Wildman–Crippen LogP) is -5.35. The first kappa shape index (κ1) is 36.4. The zero-order chi connectivity index (χ0) is 38.5. The molecule has 0 saturated heterocycles. The lowest BCUT2D eigenvalue weighted by molar-refractivity contribution is 1.13. The van der Waals surface area contributed by atoms with E-state index in [1.54, 1.807) is 12.1 Å². The largest absolute Gasteiger partial charge is 0.291 e. The molecule has 0 N–H and O–H groups in total. The van der Waals surface area contributed by atoms with Gasteiger partial charge in [0, 0.05) is 5.56 Å². The molecular weight excluding hydrogens is 637 g/mol. The Bertz CT molecular complexity index is 2790. The standard InChI is InChI=1S/C39H13B13N2/c40-25-20(26(41)32(47)37(52)31(25)46)15-12-10-14(11-13-15)19-21-23(29(44)35(50)33(48)27(21)42)38(24-22(19)28(43)34(49)36(51)30(24)45)54-18-9-5-4-8-17(18)53-39(54)16-6-2-1-3-7-16/h1-13H. The molecule has 0 bridgehead atoms. The molecule has 26 radical (unpaired) electrons. The third-order valence-electron chi connectivity index (χ3n) is 10.3. The molecule has 218 valence electrons. The van der Waals surface area contributed by atoms with E-state index in [-0.39, 0.29) is 71.0 Å². The Labute approximate surface area is 331 Å². The van der Waals surface area contributed by atoms with Crippen molar-refractivity contribution < 1.29 is 0 Å². The zero-order valence-electron chi connectivity index (χ0n) is 28.9. The summed E-state index contributed by atoms with van der Waals surface area (Å²) in [6.45, 7) is 0. The van der Waals surface area contributed by atoms with E-state index in [0.29, 0.717) is 60.8 Å². The van der Waals surface area contributed by atoms with Crippen molar-refractivity contribution in [1.82, 2.24) is 9.55 Å². The number of para-hydroxylation sites is 2. The Hall–Kier alpha value is -4.63. The molecule has 0 spiro atoms. The summed E-state index contributed by atoms with van der Waals surface area (Å²) >= 11 is 0. The van der Waals surface area contributed by atoms with Crippen molar-refractivity contribution in [2.75, 3.05) is 0 Å². The molecule has 0 fully saturated rings. The molecule has 0 aliphatic rings. The first-order valence-electron chi connectivity index (χ1n) is 16.7. The van der Waals surface area contributed by atoms with Crippen LogP contribution in [-0.2, 0) is 0 Å². The number of benzene rings is 7. The minimum Gasteiger partial charge on any atom is -0.291 e. The summed E-state index contributed by atoms with van der Waals surface area (Å²) in [6.07, 6.45) is 0. The number of nitrogens with zero attached hydrogens (tertiary/aromatic N) is 2. The van der Waals surface area contributed by atoms with Crippen LogP contribution in [0.25, 0.3) is 71.9 Å². The summed E-state index contributed by atoms with van der Waals surface area (Å²) in [4.78, 5) is 5.07. The fraction of sp³-hybridized carbons (Fsp3) is 0. The Balaban J connectivity index is 1.59. The summed E-state index contributed by atoms with van der Waals surface area (Å²) in [7, 11) is 85.7.